The van der Waals surface area contributed by atoms with Crippen LogP contribution in [0.3, 0.4) is 0 Å². The van der Waals surface area contributed by atoms with Crippen LogP contribution in [-0.4, -0.2) is 48.6 Å². The van der Waals surface area contributed by atoms with Gasteiger partial charge < -0.3 is 10.8 Å². The number of aromatic nitrogens is 4. The van der Waals surface area contributed by atoms with Gasteiger partial charge in [0.25, 0.3) is 0 Å². The van der Waals surface area contributed by atoms with E-state index in [1.165, 1.54) is 5.56 Å². The highest BCUT2D eigenvalue weighted by Crippen LogP contribution is 2.37. The largest absolute Gasteiger partial charge is 0.478 e. The fourth-order valence-electron chi connectivity index (χ4n) is 5.95. The number of imidazole rings is 1. The molecule has 0 radical (unpaired) electrons. The molecule has 212 valence electrons. The van der Waals surface area contributed by atoms with Gasteiger partial charge in [-0.25, -0.2) is 19.7 Å². The molecular weight excluding hydrogens is 536 g/mol. The summed E-state index contributed by atoms with van der Waals surface area (Å²) in [6.07, 6.45) is 1.68. The van der Waals surface area contributed by atoms with Gasteiger partial charge in [-0.1, -0.05) is 60.7 Å². The van der Waals surface area contributed by atoms with E-state index in [0.29, 0.717) is 23.1 Å². The summed E-state index contributed by atoms with van der Waals surface area (Å²) in [4.78, 5) is 28.4. The lowest BCUT2D eigenvalue weighted by molar-refractivity contribution is 0.0683. The van der Waals surface area contributed by atoms with Crippen LogP contribution in [0.2, 0.25) is 0 Å². The van der Waals surface area contributed by atoms with Crippen molar-refractivity contribution in [2.24, 2.45) is 0 Å². The van der Waals surface area contributed by atoms with Gasteiger partial charge in [0.15, 0.2) is 11.5 Å². The second-order valence-corrected chi connectivity index (χ2v) is 10.9. The first kappa shape index (κ1) is 26.6. The monoisotopic (exact) mass is 566 g/mol. The van der Waals surface area contributed by atoms with Crippen molar-refractivity contribution in [1.82, 2.24) is 24.4 Å². The van der Waals surface area contributed by atoms with E-state index in [1.807, 2.05) is 66.7 Å². The third-order valence-corrected chi connectivity index (χ3v) is 8.37. The Balaban J connectivity index is 1.21. The number of likely N-dealkylation sites (tertiary alicyclic amines) is 1. The first-order valence-electron chi connectivity index (χ1n) is 14.3. The van der Waals surface area contributed by atoms with Crippen molar-refractivity contribution in [1.29, 1.82) is 0 Å². The first-order valence-corrected chi connectivity index (χ1v) is 14.3. The molecule has 6 aromatic rings. The summed E-state index contributed by atoms with van der Waals surface area (Å²) in [6.45, 7) is 3.80. The number of carboxylic acid groups (broad SMARTS) is 1. The molecule has 0 unspecified atom stereocenters. The Morgan fingerprint density at radius 2 is 1.63 bits per heavy atom. The zero-order valence-electron chi connectivity index (χ0n) is 23.6. The second-order valence-electron chi connectivity index (χ2n) is 10.9. The van der Waals surface area contributed by atoms with Crippen LogP contribution >= 0.6 is 0 Å². The first-order chi connectivity index (χ1) is 21.0. The Hall–Kier alpha value is -5.34. The molecule has 43 heavy (non-hydrogen) atoms. The van der Waals surface area contributed by atoms with E-state index < -0.39 is 5.97 Å². The highest BCUT2D eigenvalue weighted by atomic mass is 16.4. The van der Waals surface area contributed by atoms with Gasteiger partial charge in [0.1, 0.15) is 11.3 Å². The fraction of sp³-hybridized carbons (Fsp3) is 0.143. The van der Waals surface area contributed by atoms with Crippen LogP contribution in [-0.2, 0) is 0 Å². The zero-order chi connectivity index (χ0) is 29.5. The lowest BCUT2D eigenvalue weighted by Gasteiger charge is -2.44. The Kier molecular flexibility index (Phi) is 6.68. The van der Waals surface area contributed by atoms with Gasteiger partial charge >= 0.3 is 5.97 Å². The van der Waals surface area contributed by atoms with Gasteiger partial charge in [-0.2, -0.15) is 0 Å². The Labute approximate surface area is 249 Å². The highest BCUT2D eigenvalue weighted by molar-refractivity contribution is 5.89. The number of hydrogen-bond donors (Lipinski definition) is 2. The lowest BCUT2D eigenvalue weighted by atomic mass is 9.88. The topological polar surface area (TPSA) is 110 Å². The summed E-state index contributed by atoms with van der Waals surface area (Å²) < 4.78 is 2.05. The highest BCUT2D eigenvalue weighted by Gasteiger charge is 2.33. The van der Waals surface area contributed by atoms with Gasteiger partial charge in [0, 0.05) is 42.5 Å². The SMILES string of the molecule is C[C@H](c1ccccc1C(=O)O)N1CC(c2ccc(-n3c(-c4cccnc4N)nc4ccc(-c5ccccc5)nc43)cc2)C1. The van der Waals surface area contributed by atoms with E-state index in [9.17, 15) is 9.90 Å². The minimum atomic E-state index is -0.889. The number of pyridine rings is 2. The number of carboxylic acids is 1. The number of nitrogen functional groups attached to an aromatic ring is 1. The van der Waals surface area contributed by atoms with Gasteiger partial charge in [-0.15, -0.1) is 0 Å². The number of benzene rings is 3. The predicted octanol–water partition coefficient (Wildman–Crippen LogP) is 6.59. The van der Waals surface area contributed by atoms with E-state index in [1.54, 1.807) is 18.3 Å². The van der Waals surface area contributed by atoms with E-state index in [-0.39, 0.29) is 6.04 Å². The maximum absolute atomic E-state index is 11.7. The smallest absolute Gasteiger partial charge is 0.336 e. The van der Waals surface area contributed by atoms with Crippen LogP contribution in [0.25, 0.3) is 39.5 Å². The molecule has 0 bridgehead atoms. The van der Waals surface area contributed by atoms with Crippen LogP contribution in [0.5, 0.6) is 0 Å². The minimum Gasteiger partial charge on any atom is -0.478 e. The van der Waals surface area contributed by atoms with E-state index in [0.717, 1.165) is 52.3 Å². The molecule has 0 amide bonds. The fourth-order valence-corrected chi connectivity index (χ4v) is 5.95. The van der Waals surface area contributed by atoms with Crippen LogP contribution in [0, 0.1) is 0 Å². The Morgan fingerprint density at radius 3 is 2.37 bits per heavy atom. The molecule has 3 aromatic carbocycles. The maximum atomic E-state index is 11.7. The molecule has 8 heteroatoms. The number of aromatic carboxylic acids is 1. The Morgan fingerprint density at radius 1 is 0.884 bits per heavy atom. The Bertz CT molecular complexity index is 1950. The molecule has 3 N–H and O–H groups in total. The van der Waals surface area contributed by atoms with Crippen LogP contribution in [0.15, 0.2) is 109 Å². The van der Waals surface area contributed by atoms with Crippen molar-refractivity contribution in [3.8, 4) is 28.3 Å². The van der Waals surface area contributed by atoms with E-state index >= 15 is 0 Å². The van der Waals surface area contributed by atoms with Crippen LogP contribution in [0.4, 0.5) is 5.82 Å². The lowest BCUT2D eigenvalue weighted by Crippen LogP contribution is -2.46. The normalized spacial score (nSPS) is 14.4. The second kappa shape index (κ2) is 10.8. The van der Waals surface area contributed by atoms with Crippen LogP contribution < -0.4 is 5.73 Å². The molecule has 3 aromatic heterocycles. The molecule has 1 aliphatic rings. The van der Waals surface area contributed by atoms with Gasteiger partial charge in [0.05, 0.1) is 16.8 Å². The maximum Gasteiger partial charge on any atom is 0.336 e. The predicted molar refractivity (Wildman–Crippen MR) is 168 cm³/mol. The van der Waals surface area contributed by atoms with Crippen molar-refractivity contribution in [3.63, 3.8) is 0 Å². The summed E-state index contributed by atoms with van der Waals surface area (Å²) in [5.74, 6) is 0.572. The number of fused-ring (bicyclic) bond motifs is 1. The van der Waals surface area contributed by atoms with Crippen molar-refractivity contribution < 1.29 is 9.90 Å². The number of nitrogens with two attached hydrogens (primary N) is 1. The summed E-state index contributed by atoms with van der Waals surface area (Å²) >= 11 is 0. The number of hydrogen-bond acceptors (Lipinski definition) is 6. The molecule has 0 aliphatic carbocycles. The molecule has 8 nitrogen and oxygen atoms in total. The van der Waals surface area contributed by atoms with Crippen molar-refractivity contribution in [3.05, 3.63) is 126 Å². The number of nitrogens with zero attached hydrogens (tertiary/aromatic N) is 5. The molecule has 1 atom stereocenters. The molecule has 1 saturated heterocycles. The number of anilines is 1. The third-order valence-electron chi connectivity index (χ3n) is 8.37. The zero-order valence-corrected chi connectivity index (χ0v) is 23.6. The van der Waals surface area contributed by atoms with Gasteiger partial charge in [-0.3, -0.25) is 9.47 Å². The quantitative estimate of drug-likeness (QED) is 0.224. The van der Waals surface area contributed by atoms with Gasteiger partial charge in [-0.05, 0) is 60.5 Å². The molecular formula is C35H30N6O2. The average Bonchev–Trinajstić information content (AvgIpc) is 3.40. The molecule has 7 rings (SSSR count). The third kappa shape index (κ3) is 4.81. The standard InChI is InChI=1S/C35H30N6O2/c1-22(27-10-5-6-11-28(27)35(42)43)40-20-25(21-40)23-13-15-26(16-14-23)41-33(29-12-7-19-37-32(29)36)39-31-18-17-30(38-34(31)41)24-8-3-2-4-9-24/h2-19,22,25H,20-21H2,1H3,(H2,36,37)(H,42,43)/t22-/m1/s1. The molecule has 1 fully saturated rings. The van der Waals surface area contributed by atoms with Crippen molar-refractivity contribution in [2.45, 2.75) is 18.9 Å². The van der Waals surface area contributed by atoms with Crippen molar-refractivity contribution in [2.75, 3.05) is 18.8 Å². The average molecular weight is 567 g/mol. The summed E-state index contributed by atoms with van der Waals surface area (Å²) in [6, 6.07) is 33.7. The minimum absolute atomic E-state index is 0.0255. The molecule has 0 spiro atoms. The summed E-state index contributed by atoms with van der Waals surface area (Å²) in [7, 11) is 0. The molecule has 0 saturated carbocycles. The van der Waals surface area contributed by atoms with E-state index in [4.69, 9.17) is 15.7 Å². The molecule has 4 heterocycles. The van der Waals surface area contributed by atoms with E-state index in [2.05, 4.69) is 45.6 Å². The molecule has 1 aliphatic heterocycles. The summed E-state index contributed by atoms with van der Waals surface area (Å²) in [5, 5.41) is 9.63. The number of carbonyl (C=O) groups is 1. The van der Waals surface area contributed by atoms with Gasteiger partial charge in [0.2, 0.25) is 0 Å². The summed E-state index contributed by atoms with van der Waals surface area (Å²) in [5.41, 5.74) is 13.9. The van der Waals surface area contributed by atoms with Crippen LogP contribution in [0.1, 0.15) is 40.4 Å². The number of rotatable bonds is 7. The van der Waals surface area contributed by atoms with Crippen molar-refractivity contribution >= 4 is 23.0 Å².